The van der Waals surface area contributed by atoms with Crippen LogP contribution in [0.25, 0.3) is 0 Å². The Hall–Kier alpha value is -1.75. The Bertz CT molecular complexity index is 719. The zero-order valence-corrected chi connectivity index (χ0v) is 18.7. The summed E-state index contributed by atoms with van der Waals surface area (Å²) in [5.41, 5.74) is 2.87. The molecule has 6 heteroatoms. The minimum Gasteiger partial charge on any atom is -0.444 e. The molecule has 28 heavy (non-hydrogen) atoms. The maximum atomic E-state index is 12.3. The molecule has 1 saturated heterocycles. The maximum absolute atomic E-state index is 12.3. The number of piperidine rings is 1. The van der Waals surface area contributed by atoms with Gasteiger partial charge in [0.1, 0.15) is 5.60 Å². The van der Waals surface area contributed by atoms with Gasteiger partial charge in [-0.2, -0.15) is 0 Å². The summed E-state index contributed by atoms with van der Waals surface area (Å²) in [6, 6.07) is 4.08. The molecule has 1 aromatic carbocycles. The van der Waals surface area contributed by atoms with Gasteiger partial charge >= 0.3 is 6.09 Å². The van der Waals surface area contributed by atoms with Crippen LogP contribution in [0.15, 0.2) is 12.1 Å². The Morgan fingerprint density at radius 1 is 1.29 bits per heavy atom. The molecule has 1 aromatic rings. The van der Waals surface area contributed by atoms with Gasteiger partial charge in [0.25, 0.3) is 0 Å². The van der Waals surface area contributed by atoms with Crippen molar-refractivity contribution < 1.29 is 14.3 Å². The fourth-order valence-electron chi connectivity index (χ4n) is 3.72. The molecule has 0 aliphatic carbocycles. The van der Waals surface area contributed by atoms with E-state index < -0.39 is 5.60 Å². The lowest BCUT2D eigenvalue weighted by atomic mass is 9.83. The summed E-state index contributed by atoms with van der Waals surface area (Å²) in [5, 5.41) is 3.76. The molecule has 0 spiro atoms. The second-order valence-electron chi connectivity index (χ2n) is 8.63. The molecule has 1 aliphatic heterocycles. The Balaban J connectivity index is 2.20. The third-order valence-electron chi connectivity index (χ3n) is 5.11. The quantitative estimate of drug-likeness (QED) is 0.730. The Labute approximate surface area is 173 Å². The van der Waals surface area contributed by atoms with Crippen LogP contribution in [0.5, 0.6) is 0 Å². The topological polar surface area (TPSA) is 58.6 Å². The van der Waals surface area contributed by atoms with Crippen LogP contribution < -0.4 is 5.32 Å². The highest BCUT2D eigenvalue weighted by Crippen LogP contribution is 2.37. The van der Waals surface area contributed by atoms with E-state index in [9.17, 15) is 9.59 Å². The summed E-state index contributed by atoms with van der Waals surface area (Å²) in [7, 11) is 0. The molecule has 0 saturated carbocycles. The average Bonchev–Trinajstić information content (AvgIpc) is 2.60. The van der Waals surface area contributed by atoms with Crippen LogP contribution in [-0.4, -0.2) is 35.6 Å². The molecule has 0 bridgehead atoms. The minimum absolute atomic E-state index is 0.0470. The number of hydrogen-bond acceptors (Lipinski definition) is 3. The fourth-order valence-corrected chi connectivity index (χ4v) is 3.89. The molecular formula is C22H33ClN2O3. The van der Waals surface area contributed by atoms with Crippen LogP contribution >= 0.6 is 11.6 Å². The van der Waals surface area contributed by atoms with Gasteiger partial charge in [0.05, 0.1) is 6.04 Å². The largest absolute Gasteiger partial charge is 0.444 e. The van der Waals surface area contributed by atoms with Crippen molar-refractivity contribution in [3.05, 3.63) is 33.8 Å². The molecule has 0 radical (unpaired) electrons. The van der Waals surface area contributed by atoms with Crippen LogP contribution in [0, 0.1) is 6.92 Å². The summed E-state index contributed by atoms with van der Waals surface area (Å²) < 4.78 is 5.50. The number of benzene rings is 1. The summed E-state index contributed by atoms with van der Waals surface area (Å²) >= 11 is 6.41. The average molecular weight is 409 g/mol. The number of likely N-dealkylation sites (tertiary alicyclic amines) is 1. The van der Waals surface area contributed by atoms with Gasteiger partial charge in [-0.1, -0.05) is 24.6 Å². The lowest BCUT2D eigenvalue weighted by Crippen LogP contribution is -2.41. The number of amides is 2. The number of ether oxygens (including phenoxy) is 1. The zero-order chi connectivity index (χ0) is 21.1. The van der Waals surface area contributed by atoms with Crippen LogP contribution in [-0.2, 0) is 9.53 Å². The van der Waals surface area contributed by atoms with Crippen LogP contribution in [0.1, 0.15) is 82.5 Å². The molecule has 1 N–H and O–H groups in total. The second-order valence-corrected chi connectivity index (χ2v) is 9.04. The molecule has 5 nitrogen and oxygen atoms in total. The van der Waals surface area contributed by atoms with Crippen LogP contribution in [0.2, 0.25) is 5.02 Å². The van der Waals surface area contributed by atoms with Gasteiger partial charge in [-0.25, -0.2) is 4.79 Å². The summed E-state index contributed by atoms with van der Waals surface area (Å²) in [6.07, 6.45) is 2.28. The van der Waals surface area contributed by atoms with Gasteiger partial charge in [0, 0.05) is 25.0 Å². The fraction of sp³-hybridized carbons (Fsp3) is 0.636. The lowest BCUT2D eigenvalue weighted by Gasteiger charge is -2.35. The van der Waals surface area contributed by atoms with E-state index in [2.05, 4.69) is 18.3 Å². The summed E-state index contributed by atoms with van der Waals surface area (Å²) in [5.74, 6) is 0.279. The van der Waals surface area contributed by atoms with E-state index in [1.807, 2.05) is 33.8 Å². The van der Waals surface area contributed by atoms with E-state index in [0.717, 1.165) is 30.4 Å². The van der Waals surface area contributed by atoms with Crippen molar-refractivity contribution in [1.29, 1.82) is 0 Å². The van der Waals surface area contributed by atoms with Crippen molar-refractivity contribution >= 4 is 23.6 Å². The number of carbonyl (C=O) groups excluding carboxylic acids is 2. The van der Waals surface area contributed by atoms with Gasteiger partial charge in [0.15, 0.2) is 0 Å². The van der Waals surface area contributed by atoms with Crippen LogP contribution in [0.3, 0.4) is 0 Å². The molecule has 1 aliphatic rings. The molecular weight excluding hydrogens is 376 g/mol. The molecule has 156 valence electrons. The standard InChI is InChI=1S/C22H33ClN2O3/c1-7-20(24-15(3)26)18-13-19(23)14(2)12-17(18)16-8-10-25(11-9-16)21(27)28-22(4,5)6/h12-13,16,20H,7-11H2,1-6H3,(H,24,26)/t20-/m0/s1. The monoisotopic (exact) mass is 408 g/mol. The Morgan fingerprint density at radius 2 is 1.89 bits per heavy atom. The molecule has 2 amide bonds. The van der Waals surface area contributed by atoms with Crippen molar-refractivity contribution in [2.24, 2.45) is 0 Å². The van der Waals surface area contributed by atoms with E-state index in [1.54, 1.807) is 4.90 Å². The third-order valence-corrected chi connectivity index (χ3v) is 5.52. The third kappa shape index (κ3) is 5.87. The number of aryl methyl sites for hydroxylation is 1. The second kappa shape index (κ2) is 9.17. The highest BCUT2D eigenvalue weighted by atomic mass is 35.5. The van der Waals surface area contributed by atoms with Crippen LogP contribution in [0.4, 0.5) is 4.79 Å². The molecule has 1 heterocycles. The van der Waals surface area contributed by atoms with Crippen molar-refractivity contribution in [1.82, 2.24) is 10.2 Å². The van der Waals surface area contributed by atoms with Crippen molar-refractivity contribution in [3.63, 3.8) is 0 Å². The lowest BCUT2D eigenvalue weighted by molar-refractivity contribution is -0.119. The first-order valence-corrected chi connectivity index (χ1v) is 10.4. The van der Waals surface area contributed by atoms with E-state index in [1.165, 1.54) is 12.5 Å². The first-order chi connectivity index (χ1) is 13.0. The minimum atomic E-state index is -0.485. The first kappa shape index (κ1) is 22.5. The van der Waals surface area contributed by atoms with Gasteiger partial charge in [0.2, 0.25) is 5.91 Å². The normalized spacial score (nSPS) is 16.6. The number of nitrogens with one attached hydrogen (secondary N) is 1. The first-order valence-electron chi connectivity index (χ1n) is 10.1. The van der Waals surface area contributed by atoms with E-state index >= 15 is 0 Å². The highest BCUT2D eigenvalue weighted by molar-refractivity contribution is 6.31. The SMILES string of the molecule is CC[C@H](NC(C)=O)c1cc(Cl)c(C)cc1C1CCN(C(=O)OC(C)(C)C)CC1. The van der Waals surface area contributed by atoms with Crippen molar-refractivity contribution in [3.8, 4) is 0 Å². The van der Waals surface area contributed by atoms with E-state index in [0.29, 0.717) is 24.0 Å². The highest BCUT2D eigenvalue weighted by Gasteiger charge is 2.29. The predicted octanol–water partition coefficient (Wildman–Crippen LogP) is 5.35. The molecule has 2 rings (SSSR count). The number of carbonyl (C=O) groups is 2. The Kier molecular flexibility index (Phi) is 7.38. The Morgan fingerprint density at radius 3 is 2.39 bits per heavy atom. The van der Waals surface area contributed by atoms with Crippen molar-refractivity contribution in [2.45, 2.75) is 78.4 Å². The molecule has 1 fully saturated rings. The number of rotatable bonds is 4. The number of nitrogens with zero attached hydrogens (tertiary/aromatic N) is 1. The smallest absolute Gasteiger partial charge is 0.410 e. The van der Waals surface area contributed by atoms with Gasteiger partial charge in [-0.3, -0.25) is 4.79 Å². The maximum Gasteiger partial charge on any atom is 0.410 e. The van der Waals surface area contributed by atoms with Gasteiger partial charge in [-0.15, -0.1) is 0 Å². The number of halogens is 1. The summed E-state index contributed by atoms with van der Waals surface area (Å²) in [6.45, 7) is 12.6. The van der Waals surface area contributed by atoms with Crippen molar-refractivity contribution in [2.75, 3.05) is 13.1 Å². The van der Waals surface area contributed by atoms with Gasteiger partial charge in [-0.05, 0) is 75.6 Å². The van der Waals surface area contributed by atoms with E-state index in [-0.39, 0.29) is 18.0 Å². The van der Waals surface area contributed by atoms with Gasteiger partial charge < -0.3 is 15.0 Å². The number of hydrogen-bond donors (Lipinski definition) is 1. The predicted molar refractivity (Wildman–Crippen MR) is 113 cm³/mol. The summed E-state index contributed by atoms with van der Waals surface area (Å²) in [4.78, 5) is 25.8. The molecule has 1 atom stereocenters. The van der Waals surface area contributed by atoms with E-state index in [4.69, 9.17) is 16.3 Å². The zero-order valence-electron chi connectivity index (χ0n) is 17.9. The molecule has 0 unspecified atom stereocenters. The molecule has 0 aromatic heterocycles.